The molecule has 1 saturated carbocycles. The first kappa shape index (κ1) is 9.09. The van der Waals surface area contributed by atoms with Crippen molar-refractivity contribution in [2.75, 3.05) is 0 Å². The Morgan fingerprint density at radius 1 is 1.00 bits per heavy atom. The second-order valence-electron chi connectivity index (χ2n) is 3.86. The van der Waals surface area contributed by atoms with Crippen molar-refractivity contribution in [3.8, 4) is 0 Å². The lowest BCUT2D eigenvalue weighted by Gasteiger charge is -2.18. The summed E-state index contributed by atoms with van der Waals surface area (Å²) in [7, 11) is 0. The van der Waals surface area contributed by atoms with Crippen LogP contribution < -0.4 is 0 Å². The molecule has 1 radical (unpaired) electrons. The highest BCUT2D eigenvalue weighted by Crippen LogP contribution is 2.25. The van der Waals surface area contributed by atoms with Crippen LogP contribution in [0.5, 0.6) is 0 Å². The summed E-state index contributed by atoms with van der Waals surface area (Å²) >= 11 is 0. The van der Waals surface area contributed by atoms with Gasteiger partial charge in [-0.3, -0.25) is 0 Å². The molecule has 0 amide bonds. The Labute approximate surface area is 71.4 Å². The number of rotatable bonds is 2. The highest BCUT2D eigenvalue weighted by atomic mass is 14.1. The predicted molar refractivity (Wildman–Crippen MR) is 50.4 cm³/mol. The summed E-state index contributed by atoms with van der Waals surface area (Å²) in [6, 6.07) is 0. The molecule has 1 fully saturated rings. The largest absolute Gasteiger partial charge is 0.0622 e. The van der Waals surface area contributed by atoms with Gasteiger partial charge in [-0.1, -0.05) is 51.9 Å². The molecule has 0 heteroatoms. The lowest BCUT2D eigenvalue weighted by Crippen LogP contribution is -2.03. The molecular formula is C11H21. The molecule has 65 valence electrons. The Bertz CT molecular complexity index is 78.0. The van der Waals surface area contributed by atoms with Gasteiger partial charge in [0.1, 0.15) is 0 Å². The Hall–Kier alpha value is 0. The molecular weight excluding hydrogens is 132 g/mol. The molecule has 0 unspecified atom stereocenters. The standard InChI is InChI=1S/C11H21/c1-2-8-11-9-6-4-3-5-7-10-11/h2,11H,3-10H2,1H3. The van der Waals surface area contributed by atoms with Crippen molar-refractivity contribution < 1.29 is 0 Å². The van der Waals surface area contributed by atoms with E-state index >= 15 is 0 Å². The maximum atomic E-state index is 2.34. The fraction of sp³-hybridized carbons (Fsp3) is 0.909. The van der Waals surface area contributed by atoms with Crippen LogP contribution in [0.2, 0.25) is 0 Å². The van der Waals surface area contributed by atoms with Crippen molar-refractivity contribution >= 4 is 0 Å². The van der Waals surface area contributed by atoms with Crippen LogP contribution in [0, 0.1) is 12.3 Å². The second-order valence-corrected chi connectivity index (χ2v) is 3.86. The Kier molecular flexibility index (Phi) is 4.65. The molecule has 0 spiro atoms. The quantitative estimate of drug-likeness (QED) is 0.563. The van der Waals surface area contributed by atoms with E-state index in [-0.39, 0.29) is 0 Å². The molecule has 0 aromatic rings. The van der Waals surface area contributed by atoms with E-state index in [0.717, 1.165) is 5.92 Å². The minimum atomic E-state index is 1.03. The van der Waals surface area contributed by atoms with Crippen LogP contribution in [-0.4, -0.2) is 0 Å². The highest BCUT2D eigenvalue weighted by molar-refractivity contribution is 4.69. The van der Waals surface area contributed by atoms with E-state index < -0.39 is 0 Å². The lowest BCUT2D eigenvalue weighted by molar-refractivity contribution is 0.374. The van der Waals surface area contributed by atoms with E-state index in [1.807, 2.05) is 0 Å². The first-order valence-electron chi connectivity index (χ1n) is 5.21. The first-order valence-corrected chi connectivity index (χ1v) is 5.21. The summed E-state index contributed by atoms with van der Waals surface area (Å²) in [5.74, 6) is 1.03. The monoisotopic (exact) mass is 153 g/mol. The SMILES string of the molecule is C[CH]CC1CCCCCCC1. The average molecular weight is 153 g/mol. The van der Waals surface area contributed by atoms with Crippen molar-refractivity contribution in [2.24, 2.45) is 5.92 Å². The summed E-state index contributed by atoms with van der Waals surface area (Å²) < 4.78 is 0. The lowest BCUT2D eigenvalue weighted by atomic mass is 9.88. The average Bonchev–Trinajstić information content (AvgIpc) is 1.94. The third-order valence-electron chi connectivity index (χ3n) is 2.79. The third kappa shape index (κ3) is 3.79. The molecule has 0 saturated heterocycles. The molecule has 1 aliphatic carbocycles. The van der Waals surface area contributed by atoms with Crippen LogP contribution in [0.1, 0.15) is 58.3 Å². The third-order valence-corrected chi connectivity index (χ3v) is 2.79. The van der Waals surface area contributed by atoms with E-state index in [9.17, 15) is 0 Å². The van der Waals surface area contributed by atoms with E-state index in [1.165, 1.54) is 51.4 Å². The summed E-state index contributed by atoms with van der Waals surface area (Å²) in [6.07, 6.45) is 14.1. The van der Waals surface area contributed by atoms with Gasteiger partial charge in [0.25, 0.3) is 0 Å². The van der Waals surface area contributed by atoms with Gasteiger partial charge in [0.05, 0.1) is 0 Å². The van der Waals surface area contributed by atoms with Crippen LogP contribution in [0.25, 0.3) is 0 Å². The Morgan fingerprint density at radius 3 is 2.09 bits per heavy atom. The van der Waals surface area contributed by atoms with Crippen molar-refractivity contribution in [1.29, 1.82) is 0 Å². The first-order chi connectivity index (χ1) is 5.43. The molecule has 0 nitrogen and oxygen atoms in total. The molecule has 11 heavy (non-hydrogen) atoms. The van der Waals surface area contributed by atoms with E-state index in [4.69, 9.17) is 0 Å². The minimum Gasteiger partial charge on any atom is -0.0622 e. The number of hydrogen-bond acceptors (Lipinski definition) is 0. The molecule has 1 rings (SSSR count). The Balaban J connectivity index is 2.15. The smallest absolute Gasteiger partial charge is 0.0412 e. The fourth-order valence-electron chi connectivity index (χ4n) is 2.11. The second kappa shape index (κ2) is 5.62. The van der Waals surface area contributed by atoms with E-state index in [1.54, 1.807) is 0 Å². The zero-order valence-corrected chi connectivity index (χ0v) is 7.81. The van der Waals surface area contributed by atoms with Gasteiger partial charge >= 0.3 is 0 Å². The molecule has 0 N–H and O–H groups in total. The van der Waals surface area contributed by atoms with Gasteiger partial charge in [0.2, 0.25) is 0 Å². The van der Waals surface area contributed by atoms with Crippen molar-refractivity contribution in [1.82, 2.24) is 0 Å². The van der Waals surface area contributed by atoms with E-state index in [2.05, 4.69) is 13.3 Å². The zero-order valence-electron chi connectivity index (χ0n) is 7.81. The summed E-state index contributed by atoms with van der Waals surface area (Å²) in [6.45, 7) is 2.19. The molecule has 0 aromatic carbocycles. The van der Waals surface area contributed by atoms with Gasteiger partial charge in [-0.25, -0.2) is 0 Å². The number of hydrogen-bond donors (Lipinski definition) is 0. The normalized spacial score (nSPS) is 22.6. The van der Waals surface area contributed by atoms with Gasteiger partial charge in [-0.05, 0) is 18.8 Å². The summed E-state index contributed by atoms with van der Waals surface area (Å²) in [5, 5.41) is 0. The van der Waals surface area contributed by atoms with Crippen LogP contribution in [0.15, 0.2) is 0 Å². The molecule has 0 atom stereocenters. The summed E-state index contributed by atoms with van der Waals surface area (Å²) in [4.78, 5) is 0. The van der Waals surface area contributed by atoms with Crippen LogP contribution in [0.3, 0.4) is 0 Å². The van der Waals surface area contributed by atoms with Crippen molar-refractivity contribution in [3.05, 3.63) is 6.42 Å². The molecule has 0 bridgehead atoms. The maximum Gasteiger partial charge on any atom is -0.0412 e. The van der Waals surface area contributed by atoms with Crippen molar-refractivity contribution in [3.63, 3.8) is 0 Å². The van der Waals surface area contributed by atoms with Gasteiger partial charge in [0, 0.05) is 0 Å². The minimum absolute atomic E-state index is 1.03. The topological polar surface area (TPSA) is 0 Å². The predicted octanol–water partition coefficient (Wildman–Crippen LogP) is 3.96. The summed E-state index contributed by atoms with van der Waals surface area (Å²) in [5.41, 5.74) is 0. The molecule has 0 aromatic heterocycles. The molecule has 1 aliphatic rings. The Morgan fingerprint density at radius 2 is 1.55 bits per heavy atom. The van der Waals surface area contributed by atoms with Crippen LogP contribution >= 0.6 is 0 Å². The maximum absolute atomic E-state index is 2.34. The highest BCUT2D eigenvalue weighted by Gasteiger charge is 2.09. The van der Waals surface area contributed by atoms with Gasteiger partial charge in [-0.15, -0.1) is 0 Å². The van der Waals surface area contributed by atoms with E-state index in [0.29, 0.717) is 0 Å². The molecule has 0 heterocycles. The van der Waals surface area contributed by atoms with Crippen LogP contribution in [0.4, 0.5) is 0 Å². The van der Waals surface area contributed by atoms with Gasteiger partial charge in [-0.2, -0.15) is 0 Å². The van der Waals surface area contributed by atoms with Crippen molar-refractivity contribution in [2.45, 2.75) is 58.3 Å². The van der Waals surface area contributed by atoms with Gasteiger partial charge < -0.3 is 0 Å². The van der Waals surface area contributed by atoms with Crippen LogP contribution in [-0.2, 0) is 0 Å². The fourth-order valence-corrected chi connectivity index (χ4v) is 2.11. The zero-order chi connectivity index (χ0) is 7.94. The molecule has 0 aliphatic heterocycles. The van der Waals surface area contributed by atoms with Gasteiger partial charge in [0.15, 0.2) is 0 Å².